The summed E-state index contributed by atoms with van der Waals surface area (Å²) in [7, 11) is 0. The number of pyridine rings is 1. The Morgan fingerprint density at radius 2 is 2.03 bits per heavy atom. The summed E-state index contributed by atoms with van der Waals surface area (Å²) in [6.07, 6.45) is -2.26. The minimum atomic E-state index is -4.84. The van der Waals surface area contributed by atoms with Gasteiger partial charge in [-0.05, 0) is 36.2 Å². The van der Waals surface area contributed by atoms with Crippen LogP contribution in [-0.4, -0.2) is 51.6 Å². The van der Waals surface area contributed by atoms with E-state index in [4.69, 9.17) is 5.73 Å². The summed E-state index contributed by atoms with van der Waals surface area (Å²) in [5, 5.41) is 15.6. The fourth-order valence-electron chi connectivity index (χ4n) is 3.69. The third kappa shape index (κ3) is 5.63. The van der Waals surface area contributed by atoms with E-state index in [0.717, 1.165) is 58.5 Å². The maximum absolute atomic E-state index is 12.5. The molecule has 1 aliphatic heterocycles. The molecule has 1 aromatic carbocycles. The van der Waals surface area contributed by atoms with Crippen molar-refractivity contribution in [2.24, 2.45) is 5.73 Å². The number of alkyl halides is 3. The van der Waals surface area contributed by atoms with Gasteiger partial charge in [0.2, 0.25) is 16.2 Å². The van der Waals surface area contributed by atoms with Crippen molar-refractivity contribution < 1.29 is 22.7 Å². The van der Waals surface area contributed by atoms with E-state index in [-0.39, 0.29) is 16.7 Å². The van der Waals surface area contributed by atoms with Crippen LogP contribution in [0.4, 0.5) is 28.6 Å². The second-order valence-corrected chi connectivity index (χ2v) is 9.88. The molecule has 5 rings (SSSR count). The molecular weight excluding hydrogens is 517 g/mol. The third-order valence-corrected chi connectivity index (χ3v) is 7.17. The number of rotatable bonds is 7. The van der Waals surface area contributed by atoms with Crippen molar-refractivity contribution in [3.63, 3.8) is 0 Å². The lowest BCUT2D eigenvalue weighted by atomic mass is 10.1. The van der Waals surface area contributed by atoms with Crippen LogP contribution in [0.2, 0.25) is 0 Å². The molecule has 4 aromatic rings. The summed E-state index contributed by atoms with van der Waals surface area (Å²) in [5.74, 6) is -1.10. The average Bonchev–Trinajstić information content (AvgIpc) is 3.57. The lowest BCUT2D eigenvalue weighted by Crippen LogP contribution is -2.27. The van der Waals surface area contributed by atoms with Gasteiger partial charge in [-0.15, -0.1) is 23.4 Å². The first-order valence-electron chi connectivity index (χ1n) is 10.7. The first-order chi connectivity index (χ1) is 17.2. The fourth-order valence-corrected chi connectivity index (χ4v) is 5.37. The monoisotopic (exact) mass is 536 g/mol. The first kappa shape index (κ1) is 24.1. The molecule has 0 bridgehead atoms. The Morgan fingerprint density at radius 1 is 1.19 bits per heavy atom. The number of fused-ring (bicyclic) bond motifs is 1. The second kappa shape index (κ2) is 9.83. The second-order valence-electron chi connectivity index (χ2n) is 7.90. The predicted octanol–water partition coefficient (Wildman–Crippen LogP) is 3.77. The van der Waals surface area contributed by atoms with Gasteiger partial charge in [-0.1, -0.05) is 34.8 Å². The lowest BCUT2D eigenvalue weighted by Gasteiger charge is -2.15. The summed E-state index contributed by atoms with van der Waals surface area (Å²) in [6, 6.07) is 7.72. The van der Waals surface area contributed by atoms with E-state index in [1.54, 1.807) is 17.5 Å². The SMILES string of the molecule is NC(C(=O)Nc1nnc(N[C@@H]2CCN(c3nc4ncccc4s3)C2)s1)c1cccc(OC(F)(F)F)c1. The molecule has 0 aliphatic carbocycles. The number of carbonyl (C=O) groups excluding carboxylic acids is 1. The van der Waals surface area contributed by atoms with Crippen LogP contribution in [-0.2, 0) is 4.79 Å². The molecule has 1 saturated heterocycles. The van der Waals surface area contributed by atoms with Gasteiger partial charge in [-0.3, -0.25) is 10.1 Å². The van der Waals surface area contributed by atoms with Gasteiger partial charge in [0.25, 0.3) is 0 Å². The number of carbonyl (C=O) groups is 1. The van der Waals surface area contributed by atoms with Crippen LogP contribution in [0.1, 0.15) is 18.0 Å². The van der Waals surface area contributed by atoms with Crippen LogP contribution in [0.3, 0.4) is 0 Å². The van der Waals surface area contributed by atoms with E-state index >= 15 is 0 Å². The number of nitrogens with zero attached hydrogens (tertiary/aromatic N) is 5. The van der Waals surface area contributed by atoms with Crippen molar-refractivity contribution in [1.29, 1.82) is 0 Å². The van der Waals surface area contributed by atoms with Crippen LogP contribution < -0.4 is 26.0 Å². The molecule has 1 amide bonds. The van der Waals surface area contributed by atoms with Gasteiger partial charge in [0.15, 0.2) is 10.8 Å². The number of hydrogen-bond donors (Lipinski definition) is 3. The smallest absolute Gasteiger partial charge is 0.406 e. The van der Waals surface area contributed by atoms with Crippen LogP contribution in [0, 0.1) is 0 Å². The third-order valence-electron chi connectivity index (χ3n) is 5.33. The molecule has 10 nitrogen and oxygen atoms in total. The van der Waals surface area contributed by atoms with Crippen LogP contribution in [0.15, 0.2) is 42.6 Å². The Morgan fingerprint density at radius 3 is 2.83 bits per heavy atom. The largest absolute Gasteiger partial charge is 0.573 e. The van der Waals surface area contributed by atoms with Gasteiger partial charge in [0.1, 0.15) is 11.8 Å². The van der Waals surface area contributed by atoms with E-state index in [1.807, 2.05) is 12.1 Å². The molecule has 188 valence electrons. The number of aromatic nitrogens is 4. The van der Waals surface area contributed by atoms with Crippen molar-refractivity contribution in [1.82, 2.24) is 20.2 Å². The summed E-state index contributed by atoms with van der Waals surface area (Å²) in [5.41, 5.74) is 6.83. The van der Waals surface area contributed by atoms with Crippen molar-refractivity contribution >= 4 is 54.3 Å². The molecule has 1 fully saturated rings. The minimum Gasteiger partial charge on any atom is -0.406 e. The maximum atomic E-state index is 12.5. The Balaban J connectivity index is 1.16. The van der Waals surface area contributed by atoms with Gasteiger partial charge >= 0.3 is 6.36 Å². The molecule has 3 aromatic heterocycles. The zero-order valence-electron chi connectivity index (χ0n) is 18.4. The highest BCUT2D eigenvalue weighted by Crippen LogP contribution is 2.31. The van der Waals surface area contributed by atoms with E-state index in [1.165, 1.54) is 12.1 Å². The number of thiazole rings is 1. The van der Waals surface area contributed by atoms with Gasteiger partial charge in [0, 0.05) is 25.3 Å². The zero-order chi connectivity index (χ0) is 25.3. The average molecular weight is 537 g/mol. The number of ether oxygens (including phenoxy) is 1. The molecule has 0 radical (unpaired) electrons. The zero-order valence-corrected chi connectivity index (χ0v) is 20.0. The quantitative estimate of drug-likeness (QED) is 0.323. The lowest BCUT2D eigenvalue weighted by molar-refractivity contribution is -0.274. The number of nitrogens with two attached hydrogens (primary N) is 1. The van der Waals surface area contributed by atoms with Gasteiger partial charge in [0.05, 0.1) is 4.70 Å². The molecule has 1 unspecified atom stereocenters. The standard InChI is InChI=1S/C21H19F3N8O2S2/c22-21(23,24)34-13-4-1-3-11(9-13)15(25)17(33)29-19-31-30-18(36-19)27-12-6-8-32(10-12)20-28-16-14(35-20)5-2-7-26-16/h1-5,7,9,12,15H,6,8,10,25H2,(H,27,30)(H,29,31,33)/t12-,15?/m1/s1. The number of hydrogen-bond acceptors (Lipinski definition) is 11. The maximum Gasteiger partial charge on any atom is 0.573 e. The Labute approximate surface area is 210 Å². The van der Waals surface area contributed by atoms with E-state index in [9.17, 15) is 18.0 Å². The normalized spacial score (nSPS) is 16.8. The number of halogens is 3. The molecule has 1 aliphatic rings. The van der Waals surface area contributed by atoms with E-state index in [0.29, 0.717) is 5.13 Å². The highest BCUT2D eigenvalue weighted by Gasteiger charge is 2.31. The molecule has 0 spiro atoms. The van der Waals surface area contributed by atoms with Crippen LogP contribution >= 0.6 is 22.7 Å². The molecule has 2 atom stereocenters. The minimum absolute atomic E-state index is 0.111. The molecule has 36 heavy (non-hydrogen) atoms. The fraction of sp³-hybridized carbons (Fsp3) is 0.286. The Bertz CT molecular complexity index is 1350. The number of nitrogens with one attached hydrogen (secondary N) is 2. The number of benzene rings is 1. The van der Waals surface area contributed by atoms with Crippen LogP contribution in [0.5, 0.6) is 5.75 Å². The summed E-state index contributed by atoms with van der Waals surface area (Å²) >= 11 is 2.73. The van der Waals surface area contributed by atoms with Crippen LogP contribution in [0.25, 0.3) is 10.3 Å². The molecule has 4 heterocycles. The van der Waals surface area contributed by atoms with E-state index < -0.39 is 24.1 Å². The first-order valence-corrected chi connectivity index (χ1v) is 12.4. The summed E-state index contributed by atoms with van der Waals surface area (Å²) < 4.78 is 42.3. The topological polar surface area (TPSA) is 131 Å². The number of amides is 1. The van der Waals surface area contributed by atoms with Gasteiger partial charge in [-0.2, -0.15) is 4.98 Å². The predicted molar refractivity (Wildman–Crippen MR) is 130 cm³/mol. The van der Waals surface area contributed by atoms with Crippen molar-refractivity contribution in [2.75, 3.05) is 28.6 Å². The molecular formula is C21H19F3N8O2S2. The molecule has 15 heteroatoms. The number of anilines is 3. The van der Waals surface area contributed by atoms with Gasteiger partial charge < -0.3 is 20.7 Å². The molecule has 0 saturated carbocycles. The Kier molecular flexibility index (Phi) is 6.59. The summed E-state index contributed by atoms with van der Waals surface area (Å²) in [4.78, 5) is 23.6. The van der Waals surface area contributed by atoms with E-state index in [2.05, 4.69) is 40.4 Å². The van der Waals surface area contributed by atoms with Gasteiger partial charge in [-0.25, -0.2) is 4.98 Å². The van der Waals surface area contributed by atoms with Crippen molar-refractivity contribution in [3.8, 4) is 5.75 Å². The van der Waals surface area contributed by atoms with Crippen molar-refractivity contribution in [3.05, 3.63) is 48.2 Å². The highest BCUT2D eigenvalue weighted by molar-refractivity contribution is 7.22. The highest BCUT2D eigenvalue weighted by atomic mass is 32.1. The van der Waals surface area contributed by atoms with Crippen molar-refractivity contribution in [2.45, 2.75) is 24.9 Å². The molecule has 4 N–H and O–H groups in total. The summed E-state index contributed by atoms with van der Waals surface area (Å²) in [6.45, 7) is 1.55. The Hall–Kier alpha value is -3.56.